The molecule has 1 atom stereocenters. The van der Waals surface area contributed by atoms with E-state index in [-0.39, 0.29) is 0 Å². The van der Waals surface area contributed by atoms with Gasteiger partial charge < -0.3 is 4.90 Å². The van der Waals surface area contributed by atoms with Gasteiger partial charge in [0.1, 0.15) is 0 Å². The monoisotopic (exact) mass is 346 g/mol. The standard InChI is InChI=1S/C20H30N2OS/c1-17-5-3-6-18(13-17)14-21-10-4-8-20(15-21)9-11-22(16-20)19(23)7-12-24-2/h3,5-6,13H,4,7-12,14-16H2,1-2H3. The molecule has 2 saturated heterocycles. The van der Waals surface area contributed by atoms with Gasteiger partial charge in [0, 0.05) is 43.8 Å². The average molecular weight is 347 g/mol. The summed E-state index contributed by atoms with van der Waals surface area (Å²) in [5, 5.41) is 0. The fourth-order valence-electron chi connectivity index (χ4n) is 4.34. The largest absolute Gasteiger partial charge is 0.342 e. The third-order valence-corrected chi connectivity index (χ3v) is 6.15. The molecule has 0 aliphatic carbocycles. The molecule has 3 rings (SSSR count). The normalized spacial score (nSPS) is 24.7. The third-order valence-electron chi connectivity index (χ3n) is 5.54. The second-order valence-electron chi connectivity index (χ2n) is 7.61. The Bertz CT molecular complexity index is 577. The summed E-state index contributed by atoms with van der Waals surface area (Å²) in [6.45, 7) is 7.49. The van der Waals surface area contributed by atoms with E-state index >= 15 is 0 Å². The topological polar surface area (TPSA) is 23.6 Å². The molecule has 1 amide bonds. The van der Waals surface area contributed by atoms with Crippen LogP contribution in [0.5, 0.6) is 0 Å². The summed E-state index contributed by atoms with van der Waals surface area (Å²) in [6.07, 6.45) is 6.50. The molecule has 0 N–H and O–H groups in total. The fourth-order valence-corrected chi connectivity index (χ4v) is 4.72. The number of amides is 1. The molecule has 0 bridgehead atoms. The number of carbonyl (C=O) groups is 1. The number of hydrogen-bond acceptors (Lipinski definition) is 3. The van der Waals surface area contributed by atoms with Crippen LogP contribution in [-0.4, -0.2) is 53.9 Å². The molecule has 1 aromatic carbocycles. The van der Waals surface area contributed by atoms with Crippen molar-refractivity contribution in [3.63, 3.8) is 0 Å². The van der Waals surface area contributed by atoms with Crippen LogP contribution in [0, 0.1) is 12.3 Å². The van der Waals surface area contributed by atoms with E-state index in [2.05, 4.69) is 47.2 Å². The number of rotatable bonds is 5. The first-order chi connectivity index (χ1) is 11.6. The molecule has 4 heteroatoms. The molecule has 2 heterocycles. The minimum atomic E-state index is 0.344. The summed E-state index contributed by atoms with van der Waals surface area (Å²) in [7, 11) is 0. The molecule has 0 radical (unpaired) electrons. The maximum Gasteiger partial charge on any atom is 0.223 e. The highest BCUT2D eigenvalue weighted by Crippen LogP contribution is 2.39. The Labute approximate surface area is 150 Å². The lowest BCUT2D eigenvalue weighted by Crippen LogP contribution is -2.45. The van der Waals surface area contributed by atoms with E-state index in [4.69, 9.17) is 0 Å². The highest BCUT2D eigenvalue weighted by Gasteiger charge is 2.42. The van der Waals surface area contributed by atoms with Crippen molar-refractivity contribution in [1.29, 1.82) is 0 Å². The lowest BCUT2D eigenvalue weighted by atomic mass is 9.79. The third kappa shape index (κ3) is 4.34. The van der Waals surface area contributed by atoms with Crippen molar-refractivity contribution in [2.24, 2.45) is 5.41 Å². The average Bonchev–Trinajstić information content (AvgIpc) is 2.96. The zero-order chi connectivity index (χ0) is 17.0. The molecule has 3 nitrogen and oxygen atoms in total. The second-order valence-corrected chi connectivity index (χ2v) is 8.60. The molecule has 1 aromatic rings. The smallest absolute Gasteiger partial charge is 0.223 e. The zero-order valence-corrected chi connectivity index (χ0v) is 15.9. The summed E-state index contributed by atoms with van der Waals surface area (Å²) in [5.74, 6) is 1.30. The van der Waals surface area contributed by atoms with E-state index in [1.165, 1.54) is 36.9 Å². The van der Waals surface area contributed by atoms with Crippen LogP contribution in [0.25, 0.3) is 0 Å². The lowest BCUT2D eigenvalue weighted by molar-refractivity contribution is -0.130. The van der Waals surface area contributed by atoms with Crippen LogP contribution in [0.4, 0.5) is 0 Å². The van der Waals surface area contributed by atoms with Crippen LogP contribution in [-0.2, 0) is 11.3 Å². The number of hydrogen-bond donors (Lipinski definition) is 0. The minimum absolute atomic E-state index is 0.344. The summed E-state index contributed by atoms with van der Waals surface area (Å²) in [6, 6.07) is 8.86. The van der Waals surface area contributed by atoms with Crippen LogP contribution in [0.15, 0.2) is 24.3 Å². The van der Waals surface area contributed by atoms with Crippen LogP contribution >= 0.6 is 11.8 Å². The Hall–Kier alpha value is -1.00. The first kappa shape index (κ1) is 17.8. The Morgan fingerprint density at radius 3 is 2.92 bits per heavy atom. The van der Waals surface area contributed by atoms with Crippen molar-refractivity contribution < 1.29 is 4.79 Å². The van der Waals surface area contributed by atoms with Crippen molar-refractivity contribution in [2.45, 2.75) is 39.2 Å². The van der Waals surface area contributed by atoms with Gasteiger partial charge in [-0.2, -0.15) is 11.8 Å². The van der Waals surface area contributed by atoms with Crippen LogP contribution in [0.2, 0.25) is 0 Å². The van der Waals surface area contributed by atoms with Gasteiger partial charge in [-0.1, -0.05) is 29.8 Å². The highest BCUT2D eigenvalue weighted by atomic mass is 32.2. The molecule has 2 aliphatic rings. The molecule has 24 heavy (non-hydrogen) atoms. The van der Waals surface area contributed by atoms with Crippen LogP contribution in [0.3, 0.4) is 0 Å². The number of benzene rings is 1. The lowest BCUT2D eigenvalue weighted by Gasteiger charge is -2.40. The van der Waals surface area contributed by atoms with Gasteiger partial charge in [-0.25, -0.2) is 0 Å². The summed E-state index contributed by atoms with van der Waals surface area (Å²) < 4.78 is 0. The van der Waals surface area contributed by atoms with E-state index in [9.17, 15) is 4.79 Å². The highest BCUT2D eigenvalue weighted by molar-refractivity contribution is 7.98. The first-order valence-electron chi connectivity index (χ1n) is 9.15. The summed E-state index contributed by atoms with van der Waals surface area (Å²) in [4.78, 5) is 17.1. The number of thioether (sulfide) groups is 1. The van der Waals surface area contributed by atoms with Gasteiger partial charge in [0.05, 0.1) is 0 Å². The first-order valence-corrected chi connectivity index (χ1v) is 10.5. The predicted molar refractivity (Wildman–Crippen MR) is 102 cm³/mol. The number of carbonyl (C=O) groups excluding carboxylic acids is 1. The molecule has 132 valence electrons. The van der Waals surface area contributed by atoms with Crippen LogP contribution in [0.1, 0.15) is 36.8 Å². The van der Waals surface area contributed by atoms with Crippen LogP contribution < -0.4 is 0 Å². The fraction of sp³-hybridized carbons (Fsp3) is 0.650. The molecular formula is C20H30N2OS. The van der Waals surface area contributed by atoms with Gasteiger partial charge in [0.15, 0.2) is 0 Å². The Balaban J connectivity index is 1.58. The van der Waals surface area contributed by atoms with Crippen molar-refractivity contribution >= 4 is 17.7 Å². The molecular weight excluding hydrogens is 316 g/mol. The molecule has 0 saturated carbocycles. The molecule has 2 aliphatic heterocycles. The summed E-state index contributed by atoms with van der Waals surface area (Å²) in [5.41, 5.74) is 3.10. The van der Waals surface area contributed by atoms with E-state index in [1.54, 1.807) is 11.8 Å². The molecule has 1 spiro atoms. The van der Waals surface area contributed by atoms with Crippen molar-refractivity contribution in [3.05, 3.63) is 35.4 Å². The van der Waals surface area contributed by atoms with Gasteiger partial charge in [0.25, 0.3) is 0 Å². The maximum absolute atomic E-state index is 12.3. The minimum Gasteiger partial charge on any atom is -0.342 e. The van der Waals surface area contributed by atoms with Gasteiger partial charge in [-0.05, 0) is 44.6 Å². The molecule has 0 aromatic heterocycles. The van der Waals surface area contributed by atoms with E-state index in [0.717, 1.165) is 31.9 Å². The van der Waals surface area contributed by atoms with Gasteiger partial charge in [0.2, 0.25) is 5.91 Å². The van der Waals surface area contributed by atoms with Gasteiger partial charge in [-0.15, -0.1) is 0 Å². The SMILES string of the molecule is CSCCC(=O)N1CCC2(CCCN(Cc3cccc(C)c3)C2)C1. The molecule has 1 unspecified atom stereocenters. The number of nitrogens with zero attached hydrogens (tertiary/aromatic N) is 2. The summed E-state index contributed by atoms with van der Waals surface area (Å²) >= 11 is 1.76. The Morgan fingerprint density at radius 2 is 2.12 bits per heavy atom. The predicted octanol–water partition coefficient (Wildman–Crippen LogP) is 3.56. The van der Waals surface area contributed by atoms with Crippen molar-refractivity contribution in [1.82, 2.24) is 9.80 Å². The Morgan fingerprint density at radius 1 is 1.25 bits per heavy atom. The van der Waals surface area contributed by atoms with Crippen molar-refractivity contribution in [3.8, 4) is 0 Å². The molecule has 2 fully saturated rings. The van der Waals surface area contributed by atoms with E-state index in [1.807, 2.05) is 0 Å². The van der Waals surface area contributed by atoms with Gasteiger partial charge in [-0.3, -0.25) is 9.69 Å². The van der Waals surface area contributed by atoms with E-state index < -0.39 is 0 Å². The number of piperidine rings is 1. The van der Waals surface area contributed by atoms with Gasteiger partial charge >= 0.3 is 0 Å². The maximum atomic E-state index is 12.3. The van der Waals surface area contributed by atoms with Crippen molar-refractivity contribution in [2.75, 3.05) is 38.2 Å². The second kappa shape index (κ2) is 7.92. The Kier molecular flexibility index (Phi) is 5.88. The zero-order valence-electron chi connectivity index (χ0n) is 15.1. The van der Waals surface area contributed by atoms with E-state index in [0.29, 0.717) is 17.7 Å². The number of aryl methyl sites for hydroxylation is 1. The quantitative estimate of drug-likeness (QED) is 0.814. The number of likely N-dealkylation sites (tertiary alicyclic amines) is 2.